The zero-order chi connectivity index (χ0) is 13.7. The molecule has 0 bridgehead atoms. The number of nitrogens with two attached hydrogens (primary N) is 1. The summed E-state index contributed by atoms with van der Waals surface area (Å²) in [5.41, 5.74) is 4.90. The Kier molecular flexibility index (Phi) is 4.90. The maximum absolute atomic E-state index is 11.7. The van der Waals surface area contributed by atoms with E-state index in [0.29, 0.717) is 25.9 Å². The number of rotatable bonds is 4. The summed E-state index contributed by atoms with van der Waals surface area (Å²) >= 11 is 0. The standard InChI is InChI=1S/C10H17N3O5/c11-8(15)5-7(9(16)17)12-10(18)13-3-1-6(14)2-4-13/h6-7,14H,1-5H2,(H2,11,15)(H,12,18)(H,16,17). The highest BCUT2D eigenvalue weighted by Gasteiger charge is 2.26. The van der Waals surface area contributed by atoms with Crippen LogP contribution in [0.15, 0.2) is 0 Å². The number of hydrogen-bond donors (Lipinski definition) is 4. The van der Waals surface area contributed by atoms with Crippen molar-refractivity contribution in [3.8, 4) is 0 Å². The number of aliphatic carboxylic acids is 1. The van der Waals surface area contributed by atoms with Gasteiger partial charge >= 0.3 is 12.0 Å². The van der Waals surface area contributed by atoms with Crippen LogP contribution in [0.3, 0.4) is 0 Å². The van der Waals surface area contributed by atoms with E-state index in [1.54, 1.807) is 0 Å². The molecule has 0 aromatic heterocycles. The molecule has 1 aliphatic heterocycles. The Balaban J connectivity index is 2.50. The average molecular weight is 259 g/mol. The molecule has 0 spiro atoms. The zero-order valence-corrected chi connectivity index (χ0v) is 9.83. The van der Waals surface area contributed by atoms with Crippen molar-refractivity contribution in [3.05, 3.63) is 0 Å². The Morgan fingerprint density at radius 2 is 1.89 bits per heavy atom. The van der Waals surface area contributed by atoms with Gasteiger partial charge in [-0.05, 0) is 12.8 Å². The summed E-state index contributed by atoms with van der Waals surface area (Å²) in [7, 11) is 0. The van der Waals surface area contributed by atoms with Crippen molar-refractivity contribution in [2.75, 3.05) is 13.1 Å². The van der Waals surface area contributed by atoms with Gasteiger partial charge in [0, 0.05) is 13.1 Å². The van der Waals surface area contributed by atoms with Crippen molar-refractivity contribution in [3.63, 3.8) is 0 Å². The molecule has 0 aromatic rings. The van der Waals surface area contributed by atoms with E-state index in [9.17, 15) is 19.5 Å². The minimum atomic E-state index is -1.32. The highest BCUT2D eigenvalue weighted by Crippen LogP contribution is 2.10. The Morgan fingerprint density at radius 1 is 1.33 bits per heavy atom. The number of carboxylic acids is 1. The van der Waals surface area contributed by atoms with Gasteiger partial charge in [-0.3, -0.25) is 4.79 Å². The Bertz CT molecular complexity index is 338. The summed E-state index contributed by atoms with van der Waals surface area (Å²) in [5.74, 6) is -2.10. The number of hydrogen-bond acceptors (Lipinski definition) is 4. The molecule has 1 rings (SSSR count). The SMILES string of the molecule is NC(=O)CC(NC(=O)N1CCC(O)CC1)C(=O)O. The van der Waals surface area contributed by atoms with E-state index >= 15 is 0 Å². The maximum Gasteiger partial charge on any atom is 0.326 e. The molecule has 3 amide bonds. The molecule has 0 aliphatic carbocycles. The van der Waals surface area contributed by atoms with Gasteiger partial charge in [-0.2, -0.15) is 0 Å². The predicted octanol–water partition coefficient (Wildman–Crippen LogP) is -1.52. The highest BCUT2D eigenvalue weighted by molar-refractivity contribution is 5.87. The zero-order valence-electron chi connectivity index (χ0n) is 9.83. The first kappa shape index (κ1) is 14.2. The molecule has 1 atom stereocenters. The first-order chi connectivity index (χ1) is 8.40. The van der Waals surface area contributed by atoms with E-state index in [1.807, 2.05) is 0 Å². The minimum Gasteiger partial charge on any atom is -0.480 e. The summed E-state index contributed by atoms with van der Waals surface area (Å²) in [6, 6.07) is -1.88. The molecule has 8 heteroatoms. The number of aliphatic hydroxyl groups is 1. The maximum atomic E-state index is 11.7. The molecule has 18 heavy (non-hydrogen) atoms. The van der Waals surface area contributed by atoms with Crippen LogP contribution >= 0.6 is 0 Å². The number of carbonyl (C=O) groups is 3. The van der Waals surface area contributed by atoms with Gasteiger partial charge in [0.2, 0.25) is 5.91 Å². The number of carboxylic acid groups (broad SMARTS) is 1. The van der Waals surface area contributed by atoms with Crippen LogP contribution in [-0.2, 0) is 9.59 Å². The number of nitrogens with one attached hydrogen (secondary N) is 1. The lowest BCUT2D eigenvalue weighted by atomic mass is 10.1. The van der Waals surface area contributed by atoms with E-state index in [2.05, 4.69) is 5.32 Å². The molecule has 1 fully saturated rings. The molecular weight excluding hydrogens is 242 g/mol. The largest absolute Gasteiger partial charge is 0.480 e. The van der Waals surface area contributed by atoms with Crippen LogP contribution < -0.4 is 11.1 Å². The molecular formula is C10H17N3O5. The molecule has 1 aliphatic rings. The fourth-order valence-corrected chi connectivity index (χ4v) is 1.71. The lowest BCUT2D eigenvalue weighted by molar-refractivity contribution is -0.141. The third-order valence-corrected chi connectivity index (χ3v) is 2.75. The number of urea groups is 1. The summed E-state index contributed by atoms with van der Waals surface area (Å²) < 4.78 is 0. The molecule has 8 nitrogen and oxygen atoms in total. The highest BCUT2D eigenvalue weighted by atomic mass is 16.4. The van der Waals surface area contributed by atoms with Crippen molar-refractivity contribution >= 4 is 17.9 Å². The van der Waals surface area contributed by atoms with Gasteiger partial charge in [0.05, 0.1) is 12.5 Å². The molecule has 0 aromatic carbocycles. The molecule has 0 saturated carbocycles. The van der Waals surface area contributed by atoms with Crippen LogP contribution in [0.25, 0.3) is 0 Å². The Hall–Kier alpha value is -1.83. The first-order valence-electron chi connectivity index (χ1n) is 5.64. The summed E-state index contributed by atoms with van der Waals surface area (Å²) in [6.45, 7) is 0.714. The van der Waals surface area contributed by atoms with Crippen LogP contribution in [-0.4, -0.2) is 58.3 Å². The molecule has 1 heterocycles. The van der Waals surface area contributed by atoms with Gasteiger partial charge in [-0.25, -0.2) is 9.59 Å². The van der Waals surface area contributed by atoms with E-state index in [4.69, 9.17) is 10.8 Å². The van der Waals surface area contributed by atoms with E-state index in [1.165, 1.54) is 4.90 Å². The van der Waals surface area contributed by atoms with Crippen LogP contribution in [0.2, 0.25) is 0 Å². The van der Waals surface area contributed by atoms with Crippen LogP contribution in [0, 0.1) is 0 Å². The van der Waals surface area contributed by atoms with Gasteiger partial charge in [-0.15, -0.1) is 0 Å². The number of nitrogens with zero attached hydrogens (tertiary/aromatic N) is 1. The molecule has 1 unspecified atom stereocenters. The van der Waals surface area contributed by atoms with Gasteiger partial charge in [0.1, 0.15) is 6.04 Å². The van der Waals surface area contributed by atoms with Gasteiger partial charge in [0.25, 0.3) is 0 Å². The van der Waals surface area contributed by atoms with Gasteiger partial charge in [-0.1, -0.05) is 0 Å². The second-order valence-electron chi connectivity index (χ2n) is 4.23. The first-order valence-corrected chi connectivity index (χ1v) is 5.64. The number of amides is 3. The summed E-state index contributed by atoms with van der Waals surface area (Å²) in [5, 5.41) is 20.4. The van der Waals surface area contributed by atoms with E-state index < -0.39 is 36.5 Å². The number of primary amides is 1. The Morgan fingerprint density at radius 3 is 2.33 bits per heavy atom. The lowest BCUT2D eigenvalue weighted by Gasteiger charge is -2.30. The van der Waals surface area contributed by atoms with Crippen molar-refractivity contribution in [2.45, 2.75) is 31.4 Å². The molecule has 5 N–H and O–H groups in total. The van der Waals surface area contributed by atoms with Crippen LogP contribution in [0.1, 0.15) is 19.3 Å². The lowest BCUT2D eigenvalue weighted by Crippen LogP contribution is -2.51. The van der Waals surface area contributed by atoms with Crippen molar-refractivity contribution in [1.29, 1.82) is 0 Å². The third kappa shape index (κ3) is 4.21. The van der Waals surface area contributed by atoms with Crippen LogP contribution in [0.4, 0.5) is 4.79 Å². The average Bonchev–Trinajstić information content (AvgIpc) is 2.28. The smallest absolute Gasteiger partial charge is 0.326 e. The van der Waals surface area contributed by atoms with Crippen molar-refractivity contribution < 1.29 is 24.6 Å². The number of carbonyl (C=O) groups excluding carboxylic acids is 2. The monoisotopic (exact) mass is 259 g/mol. The predicted molar refractivity (Wildman–Crippen MR) is 60.6 cm³/mol. The van der Waals surface area contributed by atoms with E-state index in [-0.39, 0.29) is 0 Å². The fraction of sp³-hybridized carbons (Fsp3) is 0.700. The van der Waals surface area contributed by atoms with Crippen molar-refractivity contribution in [1.82, 2.24) is 10.2 Å². The van der Waals surface area contributed by atoms with Gasteiger partial charge in [0.15, 0.2) is 0 Å². The molecule has 0 radical (unpaired) electrons. The number of piperidine rings is 1. The second-order valence-corrected chi connectivity index (χ2v) is 4.23. The topological polar surface area (TPSA) is 133 Å². The minimum absolute atomic E-state index is 0.357. The van der Waals surface area contributed by atoms with Gasteiger partial charge < -0.3 is 26.2 Å². The Labute approximate surface area is 104 Å². The second kappa shape index (κ2) is 6.20. The normalized spacial score (nSPS) is 18.2. The molecule has 1 saturated heterocycles. The van der Waals surface area contributed by atoms with Crippen molar-refractivity contribution in [2.24, 2.45) is 5.73 Å². The van der Waals surface area contributed by atoms with E-state index in [0.717, 1.165) is 0 Å². The molecule has 102 valence electrons. The quantitative estimate of drug-likeness (QED) is 0.486. The summed E-state index contributed by atoms with van der Waals surface area (Å²) in [6.07, 6.45) is 0.0504. The summed E-state index contributed by atoms with van der Waals surface area (Å²) in [4.78, 5) is 34.6. The number of aliphatic hydroxyl groups excluding tert-OH is 1. The fourth-order valence-electron chi connectivity index (χ4n) is 1.71. The number of likely N-dealkylation sites (tertiary alicyclic amines) is 1. The third-order valence-electron chi connectivity index (χ3n) is 2.75. The van der Waals surface area contributed by atoms with Crippen LogP contribution in [0.5, 0.6) is 0 Å².